The van der Waals surface area contributed by atoms with Crippen LogP contribution in [0.2, 0.25) is 0 Å². The third-order valence-corrected chi connectivity index (χ3v) is 5.36. The molecule has 0 N–H and O–H groups in total. The number of aromatic nitrogens is 4. The van der Waals surface area contributed by atoms with Gasteiger partial charge in [0.05, 0.1) is 18.3 Å². The number of hydrogen-bond acceptors (Lipinski definition) is 5. The lowest BCUT2D eigenvalue weighted by atomic mass is 10.2. The molecule has 8 nitrogen and oxygen atoms in total. The summed E-state index contributed by atoms with van der Waals surface area (Å²) in [5.41, 5.74) is 2.04. The van der Waals surface area contributed by atoms with E-state index in [-0.39, 0.29) is 23.8 Å². The maximum absolute atomic E-state index is 13.3. The first kappa shape index (κ1) is 18.9. The molecule has 1 aliphatic heterocycles. The molecule has 0 saturated heterocycles. The van der Waals surface area contributed by atoms with Crippen LogP contribution in [-0.4, -0.2) is 24.4 Å². The molecule has 0 fully saturated rings. The van der Waals surface area contributed by atoms with Crippen LogP contribution in [-0.2, 0) is 20.1 Å². The molecule has 150 valence electrons. The van der Waals surface area contributed by atoms with Gasteiger partial charge in [0, 0.05) is 13.6 Å². The van der Waals surface area contributed by atoms with Crippen molar-refractivity contribution in [2.24, 2.45) is 12.1 Å². The molecule has 0 spiro atoms. The highest BCUT2D eigenvalue weighted by Crippen LogP contribution is 2.30. The minimum Gasteiger partial charge on any atom is -0.294 e. The van der Waals surface area contributed by atoms with Gasteiger partial charge in [0.2, 0.25) is 5.95 Å². The van der Waals surface area contributed by atoms with E-state index in [9.17, 15) is 9.59 Å². The van der Waals surface area contributed by atoms with Crippen molar-refractivity contribution in [2.45, 2.75) is 39.9 Å². The van der Waals surface area contributed by atoms with Crippen LogP contribution in [0.4, 0.5) is 5.95 Å². The standard InChI is InChI=1S/C21H24N6O2/c1-5-6-12-25-19(28)17-18(24(4)21(25)29)22-20-26(13-16-10-8-7-9-11-16)23-14(2)15(3)27(17)20/h5-11,15H,12-13H2,1-4H3/b6-5+. The van der Waals surface area contributed by atoms with Gasteiger partial charge in [-0.05, 0) is 26.3 Å². The lowest BCUT2D eigenvalue weighted by Crippen LogP contribution is -2.40. The van der Waals surface area contributed by atoms with Crippen LogP contribution in [0.1, 0.15) is 32.4 Å². The maximum Gasteiger partial charge on any atom is 0.332 e. The number of benzene rings is 1. The predicted octanol–water partition coefficient (Wildman–Crippen LogP) is 2.43. The number of rotatable bonds is 4. The molecule has 3 heterocycles. The third-order valence-electron chi connectivity index (χ3n) is 5.36. The highest BCUT2D eigenvalue weighted by Gasteiger charge is 2.30. The molecule has 1 unspecified atom stereocenters. The zero-order valence-electron chi connectivity index (χ0n) is 17.0. The van der Waals surface area contributed by atoms with Crippen LogP contribution in [0.3, 0.4) is 0 Å². The minimum atomic E-state index is -0.379. The van der Waals surface area contributed by atoms with Crippen LogP contribution >= 0.6 is 0 Å². The summed E-state index contributed by atoms with van der Waals surface area (Å²) in [4.78, 5) is 30.7. The molecule has 0 aliphatic carbocycles. The van der Waals surface area contributed by atoms with Gasteiger partial charge in [-0.2, -0.15) is 10.1 Å². The van der Waals surface area contributed by atoms with Crippen LogP contribution in [0.15, 0.2) is 57.2 Å². The van der Waals surface area contributed by atoms with Crippen molar-refractivity contribution < 1.29 is 0 Å². The fourth-order valence-corrected chi connectivity index (χ4v) is 3.62. The fourth-order valence-electron chi connectivity index (χ4n) is 3.62. The van der Waals surface area contributed by atoms with Gasteiger partial charge in [0.1, 0.15) is 0 Å². The molecular formula is C21H24N6O2. The first-order valence-corrected chi connectivity index (χ1v) is 9.63. The Morgan fingerprint density at radius 3 is 2.59 bits per heavy atom. The zero-order valence-corrected chi connectivity index (χ0v) is 17.0. The van der Waals surface area contributed by atoms with Gasteiger partial charge in [-0.25, -0.2) is 9.80 Å². The van der Waals surface area contributed by atoms with E-state index in [1.807, 2.05) is 61.7 Å². The number of imidazole rings is 1. The lowest BCUT2D eigenvalue weighted by Gasteiger charge is -2.29. The summed E-state index contributed by atoms with van der Waals surface area (Å²) in [5.74, 6) is 0.567. The summed E-state index contributed by atoms with van der Waals surface area (Å²) in [6.45, 7) is 6.54. The van der Waals surface area contributed by atoms with Crippen molar-refractivity contribution in [1.82, 2.24) is 18.7 Å². The predicted molar refractivity (Wildman–Crippen MR) is 114 cm³/mol. The summed E-state index contributed by atoms with van der Waals surface area (Å²) in [6, 6.07) is 9.83. The largest absolute Gasteiger partial charge is 0.332 e. The van der Waals surface area contributed by atoms with Crippen molar-refractivity contribution in [2.75, 3.05) is 5.01 Å². The minimum absolute atomic E-state index is 0.137. The smallest absolute Gasteiger partial charge is 0.294 e. The number of aryl methyl sites for hydroxylation is 1. The van der Waals surface area contributed by atoms with Crippen LogP contribution in [0.5, 0.6) is 0 Å². The first-order valence-electron chi connectivity index (χ1n) is 9.63. The fraction of sp³-hybridized carbons (Fsp3) is 0.333. The quantitative estimate of drug-likeness (QED) is 0.639. The molecule has 8 heteroatoms. The molecule has 4 rings (SSSR count). The average molecular weight is 392 g/mol. The molecule has 0 saturated carbocycles. The van der Waals surface area contributed by atoms with Crippen molar-refractivity contribution in [3.05, 3.63) is 68.9 Å². The normalized spacial score (nSPS) is 16.5. The Morgan fingerprint density at radius 2 is 1.90 bits per heavy atom. The van der Waals surface area contributed by atoms with Gasteiger partial charge in [-0.15, -0.1) is 0 Å². The van der Waals surface area contributed by atoms with E-state index in [4.69, 9.17) is 5.10 Å². The van der Waals surface area contributed by atoms with Crippen LogP contribution in [0.25, 0.3) is 11.2 Å². The molecular weight excluding hydrogens is 368 g/mol. The summed E-state index contributed by atoms with van der Waals surface area (Å²) < 4.78 is 4.58. The molecule has 1 aromatic carbocycles. The van der Waals surface area contributed by atoms with E-state index in [0.29, 0.717) is 23.7 Å². The van der Waals surface area contributed by atoms with E-state index in [1.54, 1.807) is 18.1 Å². The Kier molecular flexibility index (Phi) is 4.70. The molecule has 0 bridgehead atoms. The van der Waals surface area contributed by atoms with Crippen molar-refractivity contribution in [3.63, 3.8) is 0 Å². The van der Waals surface area contributed by atoms with Gasteiger partial charge in [0.15, 0.2) is 11.2 Å². The van der Waals surface area contributed by atoms with Crippen molar-refractivity contribution in [1.29, 1.82) is 0 Å². The second kappa shape index (κ2) is 7.20. The molecule has 3 aromatic rings. The van der Waals surface area contributed by atoms with Crippen LogP contribution in [0, 0.1) is 0 Å². The molecule has 2 aromatic heterocycles. The van der Waals surface area contributed by atoms with Crippen molar-refractivity contribution in [3.8, 4) is 0 Å². The van der Waals surface area contributed by atoms with Gasteiger partial charge < -0.3 is 0 Å². The number of fused-ring (bicyclic) bond motifs is 3. The Morgan fingerprint density at radius 1 is 1.17 bits per heavy atom. The summed E-state index contributed by atoms with van der Waals surface area (Å²) in [7, 11) is 1.65. The Hall–Kier alpha value is -3.42. The summed E-state index contributed by atoms with van der Waals surface area (Å²) >= 11 is 0. The monoisotopic (exact) mass is 392 g/mol. The number of anilines is 1. The highest BCUT2D eigenvalue weighted by atomic mass is 16.2. The lowest BCUT2D eigenvalue weighted by molar-refractivity contribution is 0.628. The first-order chi connectivity index (χ1) is 13.9. The van der Waals surface area contributed by atoms with Gasteiger partial charge in [-0.1, -0.05) is 42.5 Å². The molecule has 1 atom stereocenters. The van der Waals surface area contributed by atoms with E-state index in [1.165, 1.54) is 9.13 Å². The number of hydrogen-bond donors (Lipinski definition) is 0. The third kappa shape index (κ3) is 3.00. The number of nitrogens with zero attached hydrogens (tertiary/aromatic N) is 6. The Bertz CT molecular complexity index is 1250. The van der Waals surface area contributed by atoms with Gasteiger partial charge >= 0.3 is 5.69 Å². The summed E-state index contributed by atoms with van der Waals surface area (Å²) in [6.07, 6.45) is 3.61. The van der Waals surface area contributed by atoms with Crippen LogP contribution < -0.4 is 16.3 Å². The summed E-state index contributed by atoms with van der Waals surface area (Å²) in [5, 5.41) is 6.50. The zero-order chi connectivity index (χ0) is 20.7. The van der Waals surface area contributed by atoms with Gasteiger partial charge in [0.25, 0.3) is 5.56 Å². The maximum atomic E-state index is 13.3. The second-order valence-electron chi connectivity index (χ2n) is 7.24. The highest BCUT2D eigenvalue weighted by molar-refractivity contribution is 5.91. The number of hydrazone groups is 1. The SMILES string of the molecule is C/C=C/Cn1c(=O)c2c(nc3n2C(C)C(C)=NN3Cc2ccccc2)n(C)c1=O. The molecule has 1 aliphatic rings. The average Bonchev–Trinajstić information content (AvgIpc) is 3.12. The number of allylic oxidation sites excluding steroid dienone is 2. The van der Waals surface area contributed by atoms with E-state index in [2.05, 4.69) is 4.98 Å². The van der Waals surface area contributed by atoms with Gasteiger partial charge in [-0.3, -0.25) is 18.5 Å². The van der Waals surface area contributed by atoms with Crippen molar-refractivity contribution >= 4 is 22.8 Å². The van der Waals surface area contributed by atoms with E-state index in [0.717, 1.165) is 11.3 Å². The molecule has 0 radical (unpaired) electrons. The Labute approximate surface area is 168 Å². The topological polar surface area (TPSA) is 77.4 Å². The second-order valence-corrected chi connectivity index (χ2v) is 7.24. The van der Waals surface area contributed by atoms with E-state index >= 15 is 0 Å². The molecule has 29 heavy (non-hydrogen) atoms. The Balaban J connectivity index is 1.96. The van der Waals surface area contributed by atoms with E-state index < -0.39 is 0 Å². The molecule has 0 amide bonds.